The normalized spacial score (nSPS) is 15.1. The SMILES string of the molecule is Nc1c(C(=O)NCC2CC2)sc2nccnc12. The van der Waals surface area contributed by atoms with E-state index in [2.05, 4.69) is 15.3 Å². The van der Waals surface area contributed by atoms with Gasteiger partial charge in [0.05, 0.1) is 5.69 Å². The minimum atomic E-state index is -0.112. The summed E-state index contributed by atoms with van der Waals surface area (Å²) in [5, 5.41) is 2.90. The Balaban J connectivity index is 1.87. The summed E-state index contributed by atoms with van der Waals surface area (Å²) in [5.74, 6) is 0.546. The van der Waals surface area contributed by atoms with Crippen LogP contribution < -0.4 is 11.1 Å². The lowest BCUT2D eigenvalue weighted by Crippen LogP contribution is -2.25. The van der Waals surface area contributed by atoms with Crippen LogP contribution in [0.15, 0.2) is 12.4 Å². The standard InChI is InChI=1S/C11H12N4OS/c12-7-8-11(14-4-3-13-8)17-9(7)10(16)15-5-6-1-2-6/h3-4,6H,1-2,5,12H2,(H,15,16). The van der Waals surface area contributed by atoms with E-state index in [1.165, 1.54) is 24.2 Å². The van der Waals surface area contributed by atoms with Crippen molar-refractivity contribution in [3.05, 3.63) is 17.3 Å². The molecule has 5 nitrogen and oxygen atoms in total. The highest BCUT2D eigenvalue weighted by Gasteiger charge is 2.23. The zero-order valence-electron chi connectivity index (χ0n) is 9.14. The topological polar surface area (TPSA) is 80.9 Å². The number of nitrogens with one attached hydrogen (secondary N) is 1. The number of nitrogen functional groups attached to an aromatic ring is 1. The number of hydrogen-bond donors (Lipinski definition) is 2. The highest BCUT2D eigenvalue weighted by atomic mass is 32.1. The lowest BCUT2D eigenvalue weighted by atomic mass is 10.3. The number of nitrogens with zero attached hydrogens (tertiary/aromatic N) is 2. The van der Waals surface area contributed by atoms with Crippen LogP contribution in [0.5, 0.6) is 0 Å². The average molecular weight is 248 g/mol. The van der Waals surface area contributed by atoms with Gasteiger partial charge in [-0.1, -0.05) is 0 Å². The fraction of sp³-hybridized carbons (Fsp3) is 0.364. The molecule has 88 valence electrons. The Morgan fingerprint density at radius 3 is 2.94 bits per heavy atom. The number of aromatic nitrogens is 2. The van der Waals surface area contributed by atoms with Crippen LogP contribution in [0.25, 0.3) is 10.3 Å². The second-order valence-corrected chi connectivity index (χ2v) is 5.21. The first-order chi connectivity index (χ1) is 8.25. The molecule has 0 unspecified atom stereocenters. The summed E-state index contributed by atoms with van der Waals surface area (Å²) in [7, 11) is 0. The maximum atomic E-state index is 11.9. The van der Waals surface area contributed by atoms with Gasteiger partial charge in [-0.2, -0.15) is 0 Å². The minimum absolute atomic E-state index is 0.112. The lowest BCUT2D eigenvalue weighted by Gasteiger charge is -2.01. The third kappa shape index (κ3) is 1.95. The van der Waals surface area contributed by atoms with Crippen LogP contribution in [-0.4, -0.2) is 22.4 Å². The van der Waals surface area contributed by atoms with Crippen LogP contribution >= 0.6 is 11.3 Å². The van der Waals surface area contributed by atoms with Crippen molar-refractivity contribution in [2.45, 2.75) is 12.8 Å². The van der Waals surface area contributed by atoms with E-state index in [-0.39, 0.29) is 5.91 Å². The fourth-order valence-corrected chi connectivity index (χ4v) is 2.59. The zero-order valence-corrected chi connectivity index (χ0v) is 9.96. The number of carbonyl (C=O) groups excluding carboxylic acids is 1. The zero-order chi connectivity index (χ0) is 11.8. The molecule has 17 heavy (non-hydrogen) atoms. The highest BCUT2D eigenvalue weighted by molar-refractivity contribution is 7.21. The summed E-state index contributed by atoms with van der Waals surface area (Å²) in [6, 6.07) is 0. The van der Waals surface area contributed by atoms with Crippen LogP contribution in [0, 0.1) is 5.92 Å². The van der Waals surface area contributed by atoms with Gasteiger partial charge in [-0.3, -0.25) is 4.79 Å². The molecule has 1 amide bonds. The smallest absolute Gasteiger partial charge is 0.263 e. The Hall–Kier alpha value is -1.69. The summed E-state index contributed by atoms with van der Waals surface area (Å²) in [4.78, 5) is 21.4. The molecule has 1 fully saturated rings. The van der Waals surface area contributed by atoms with Gasteiger partial charge in [0.25, 0.3) is 5.91 Å². The van der Waals surface area contributed by atoms with E-state index in [1.807, 2.05) is 0 Å². The Labute approximate surface area is 102 Å². The molecular weight excluding hydrogens is 236 g/mol. The third-order valence-corrected chi connectivity index (χ3v) is 3.92. The van der Waals surface area contributed by atoms with Crippen LogP contribution in [0.1, 0.15) is 22.5 Å². The van der Waals surface area contributed by atoms with Crippen molar-refractivity contribution in [1.82, 2.24) is 15.3 Å². The third-order valence-electron chi connectivity index (χ3n) is 2.82. The van der Waals surface area contributed by atoms with Crippen LogP contribution in [0.3, 0.4) is 0 Å². The van der Waals surface area contributed by atoms with E-state index >= 15 is 0 Å². The van der Waals surface area contributed by atoms with E-state index in [9.17, 15) is 4.79 Å². The van der Waals surface area contributed by atoms with Crippen molar-refractivity contribution >= 4 is 33.3 Å². The molecule has 6 heteroatoms. The molecule has 3 rings (SSSR count). The van der Waals surface area contributed by atoms with Gasteiger partial charge in [0.2, 0.25) is 0 Å². The van der Waals surface area contributed by atoms with E-state index in [1.54, 1.807) is 12.4 Å². The maximum absolute atomic E-state index is 11.9. The first-order valence-corrected chi connectivity index (χ1v) is 6.34. The molecule has 0 spiro atoms. The van der Waals surface area contributed by atoms with Crippen molar-refractivity contribution in [2.24, 2.45) is 5.92 Å². The molecule has 2 aromatic heterocycles. The van der Waals surface area contributed by atoms with Crippen LogP contribution in [0.4, 0.5) is 5.69 Å². The monoisotopic (exact) mass is 248 g/mol. The molecule has 0 aliphatic heterocycles. The summed E-state index contributed by atoms with van der Waals surface area (Å²) < 4.78 is 0. The Morgan fingerprint density at radius 2 is 2.24 bits per heavy atom. The van der Waals surface area contributed by atoms with Crippen molar-refractivity contribution < 1.29 is 4.79 Å². The van der Waals surface area contributed by atoms with Crippen molar-refractivity contribution in [3.63, 3.8) is 0 Å². The van der Waals surface area contributed by atoms with Gasteiger partial charge >= 0.3 is 0 Å². The Kier molecular flexibility index (Phi) is 2.44. The van der Waals surface area contributed by atoms with Gasteiger partial charge in [0.15, 0.2) is 0 Å². The number of fused-ring (bicyclic) bond motifs is 1. The minimum Gasteiger partial charge on any atom is -0.396 e. The Bertz CT molecular complexity index is 576. The summed E-state index contributed by atoms with van der Waals surface area (Å²) in [6.45, 7) is 0.743. The van der Waals surface area contributed by atoms with E-state index in [0.717, 1.165) is 6.54 Å². The summed E-state index contributed by atoms with van der Waals surface area (Å²) in [6.07, 6.45) is 5.61. The Morgan fingerprint density at radius 1 is 1.47 bits per heavy atom. The maximum Gasteiger partial charge on any atom is 0.263 e. The largest absolute Gasteiger partial charge is 0.396 e. The van der Waals surface area contributed by atoms with E-state index in [0.29, 0.717) is 26.8 Å². The molecule has 0 atom stereocenters. The van der Waals surface area contributed by atoms with Gasteiger partial charge < -0.3 is 11.1 Å². The van der Waals surface area contributed by atoms with E-state index < -0.39 is 0 Å². The second kappa shape index (κ2) is 3.96. The molecule has 0 aromatic carbocycles. The molecule has 3 N–H and O–H groups in total. The van der Waals surface area contributed by atoms with Crippen molar-refractivity contribution in [3.8, 4) is 0 Å². The number of thiophene rings is 1. The van der Waals surface area contributed by atoms with Crippen LogP contribution in [-0.2, 0) is 0 Å². The molecule has 1 saturated carbocycles. The number of rotatable bonds is 3. The summed E-state index contributed by atoms with van der Waals surface area (Å²) in [5.41, 5.74) is 6.96. The predicted molar refractivity (Wildman–Crippen MR) is 66.9 cm³/mol. The molecule has 0 saturated heterocycles. The fourth-order valence-electron chi connectivity index (χ4n) is 1.65. The van der Waals surface area contributed by atoms with Crippen molar-refractivity contribution in [1.29, 1.82) is 0 Å². The molecule has 1 aliphatic rings. The predicted octanol–water partition coefficient (Wildman–Crippen LogP) is 1.41. The average Bonchev–Trinajstić information content (AvgIpc) is 3.11. The summed E-state index contributed by atoms with van der Waals surface area (Å²) >= 11 is 1.29. The lowest BCUT2D eigenvalue weighted by molar-refractivity contribution is 0.0956. The highest BCUT2D eigenvalue weighted by Crippen LogP contribution is 2.31. The molecule has 1 aliphatic carbocycles. The van der Waals surface area contributed by atoms with Gasteiger partial charge in [0.1, 0.15) is 15.2 Å². The molecule has 0 radical (unpaired) electrons. The molecule has 0 bridgehead atoms. The number of anilines is 1. The molecule has 2 heterocycles. The molecule has 2 aromatic rings. The first kappa shape index (κ1) is 10.5. The number of nitrogens with two attached hydrogens (primary N) is 1. The van der Waals surface area contributed by atoms with Crippen LogP contribution in [0.2, 0.25) is 0 Å². The second-order valence-electron chi connectivity index (χ2n) is 4.21. The first-order valence-electron chi connectivity index (χ1n) is 5.53. The van der Waals surface area contributed by atoms with Gasteiger partial charge in [-0.15, -0.1) is 11.3 Å². The number of hydrogen-bond acceptors (Lipinski definition) is 5. The van der Waals surface area contributed by atoms with E-state index in [4.69, 9.17) is 5.73 Å². The van der Waals surface area contributed by atoms with Gasteiger partial charge in [-0.05, 0) is 18.8 Å². The molecular formula is C11H12N4OS. The quantitative estimate of drug-likeness (QED) is 0.860. The number of amides is 1. The van der Waals surface area contributed by atoms with Gasteiger partial charge in [-0.25, -0.2) is 9.97 Å². The number of carbonyl (C=O) groups is 1. The van der Waals surface area contributed by atoms with Gasteiger partial charge in [0, 0.05) is 18.9 Å². The van der Waals surface area contributed by atoms with Crippen molar-refractivity contribution in [2.75, 3.05) is 12.3 Å².